The summed E-state index contributed by atoms with van der Waals surface area (Å²) >= 11 is 0. The van der Waals surface area contributed by atoms with Gasteiger partial charge in [-0.2, -0.15) is 5.10 Å². The van der Waals surface area contributed by atoms with E-state index in [1.165, 1.54) is 44.2 Å². The second-order valence-electron chi connectivity index (χ2n) is 7.42. The third-order valence-corrected chi connectivity index (χ3v) is 5.50. The molecule has 0 bridgehead atoms. The molecule has 21 heavy (non-hydrogen) atoms. The normalized spacial score (nSPS) is 26.6. The first-order valence-electron chi connectivity index (χ1n) is 8.55. The summed E-state index contributed by atoms with van der Waals surface area (Å²) in [6.45, 7) is 8.05. The first-order chi connectivity index (χ1) is 10.1. The second-order valence-corrected chi connectivity index (χ2v) is 7.42. The molecule has 1 aromatic heterocycles. The van der Waals surface area contributed by atoms with Gasteiger partial charge in [0, 0.05) is 50.0 Å². The molecule has 2 heterocycles. The number of nitrogens with zero attached hydrogens (tertiary/aromatic N) is 3. The molecule has 1 N–H and O–H groups in total. The number of hydrogen-bond acceptors (Lipinski definition) is 3. The van der Waals surface area contributed by atoms with Gasteiger partial charge in [-0.05, 0) is 18.8 Å². The average Bonchev–Trinajstić information content (AvgIpc) is 2.87. The molecular weight excluding hydrogens is 260 g/mol. The highest BCUT2D eigenvalue weighted by Gasteiger charge is 2.42. The van der Waals surface area contributed by atoms with Crippen LogP contribution in [0.3, 0.4) is 0 Å². The van der Waals surface area contributed by atoms with Crippen LogP contribution >= 0.6 is 0 Å². The van der Waals surface area contributed by atoms with Gasteiger partial charge in [-0.3, -0.25) is 9.58 Å². The summed E-state index contributed by atoms with van der Waals surface area (Å²) in [4.78, 5) is 2.77. The Balaban J connectivity index is 1.78. The highest BCUT2D eigenvalue weighted by molar-refractivity contribution is 5.08. The lowest BCUT2D eigenvalue weighted by Crippen LogP contribution is -2.65. The molecule has 1 atom stereocenters. The fourth-order valence-electron chi connectivity index (χ4n) is 4.08. The van der Waals surface area contributed by atoms with E-state index in [9.17, 15) is 0 Å². The number of hydrogen-bond donors (Lipinski definition) is 1. The van der Waals surface area contributed by atoms with Crippen molar-refractivity contribution in [3.8, 4) is 0 Å². The number of nitrogens with one attached hydrogen (secondary N) is 1. The average molecular weight is 290 g/mol. The molecule has 4 heteroatoms. The molecule has 2 fully saturated rings. The van der Waals surface area contributed by atoms with E-state index in [4.69, 9.17) is 0 Å². The molecule has 1 aromatic rings. The molecule has 118 valence electrons. The molecule has 3 rings (SSSR count). The third-order valence-electron chi connectivity index (χ3n) is 5.50. The van der Waals surface area contributed by atoms with Gasteiger partial charge in [-0.15, -0.1) is 0 Å². The topological polar surface area (TPSA) is 33.1 Å². The van der Waals surface area contributed by atoms with Gasteiger partial charge >= 0.3 is 0 Å². The van der Waals surface area contributed by atoms with Crippen LogP contribution < -0.4 is 5.32 Å². The molecule has 0 amide bonds. The van der Waals surface area contributed by atoms with Crippen molar-refractivity contribution in [1.29, 1.82) is 0 Å². The van der Waals surface area contributed by atoms with E-state index in [1.54, 1.807) is 0 Å². The molecule has 2 aliphatic rings. The van der Waals surface area contributed by atoms with Crippen LogP contribution in [0.25, 0.3) is 0 Å². The molecule has 1 saturated heterocycles. The Hall–Kier alpha value is -0.870. The first-order valence-corrected chi connectivity index (χ1v) is 8.55. The van der Waals surface area contributed by atoms with Crippen molar-refractivity contribution in [2.24, 2.45) is 13.0 Å². The van der Waals surface area contributed by atoms with Gasteiger partial charge < -0.3 is 5.32 Å². The van der Waals surface area contributed by atoms with Crippen molar-refractivity contribution in [1.82, 2.24) is 20.0 Å². The summed E-state index contributed by atoms with van der Waals surface area (Å²) < 4.78 is 1.92. The molecule has 1 aliphatic heterocycles. The smallest absolute Gasteiger partial charge is 0.0534 e. The van der Waals surface area contributed by atoms with Crippen LogP contribution in [0.4, 0.5) is 0 Å². The van der Waals surface area contributed by atoms with Crippen LogP contribution in [0, 0.1) is 5.92 Å². The first kappa shape index (κ1) is 15.0. The minimum Gasteiger partial charge on any atom is -0.311 e. The summed E-state index contributed by atoms with van der Waals surface area (Å²) in [5.74, 6) is 0.697. The van der Waals surface area contributed by atoms with Crippen LogP contribution in [0.1, 0.15) is 51.5 Å². The summed E-state index contributed by atoms with van der Waals surface area (Å²) in [5.41, 5.74) is 1.74. The van der Waals surface area contributed by atoms with Crippen molar-refractivity contribution in [2.45, 2.75) is 64.1 Å². The van der Waals surface area contributed by atoms with E-state index in [2.05, 4.69) is 35.4 Å². The summed E-state index contributed by atoms with van der Waals surface area (Å²) in [7, 11) is 2.01. The van der Waals surface area contributed by atoms with Crippen molar-refractivity contribution >= 4 is 0 Å². The zero-order valence-electron chi connectivity index (χ0n) is 13.8. The van der Waals surface area contributed by atoms with Crippen molar-refractivity contribution in [2.75, 3.05) is 13.1 Å². The van der Waals surface area contributed by atoms with Gasteiger partial charge in [0.1, 0.15) is 0 Å². The van der Waals surface area contributed by atoms with E-state index in [0.717, 1.165) is 13.1 Å². The van der Waals surface area contributed by atoms with Gasteiger partial charge in [0.15, 0.2) is 0 Å². The Labute approximate surface area is 128 Å². The Bertz CT molecular complexity index is 459. The van der Waals surface area contributed by atoms with E-state index in [1.807, 2.05) is 17.9 Å². The maximum absolute atomic E-state index is 4.34. The quantitative estimate of drug-likeness (QED) is 0.929. The Morgan fingerprint density at radius 2 is 2.10 bits per heavy atom. The minimum absolute atomic E-state index is 0.388. The Morgan fingerprint density at radius 1 is 1.33 bits per heavy atom. The maximum atomic E-state index is 4.34. The minimum atomic E-state index is 0.388. The summed E-state index contributed by atoms with van der Waals surface area (Å²) in [6, 6.07) is 0.620. The summed E-state index contributed by atoms with van der Waals surface area (Å²) in [6.07, 6.45) is 11.1. The fourth-order valence-corrected chi connectivity index (χ4v) is 4.08. The van der Waals surface area contributed by atoms with E-state index < -0.39 is 0 Å². The lowest BCUT2D eigenvalue weighted by Gasteiger charge is -2.53. The SMILES string of the molecule is CC(C)C1CN(Cc2cnn(C)c2)C2(CCCCC2)CN1. The highest BCUT2D eigenvalue weighted by atomic mass is 15.3. The highest BCUT2D eigenvalue weighted by Crippen LogP contribution is 2.37. The molecule has 4 nitrogen and oxygen atoms in total. The van der Waals surface area contributed by atoms with E-state index in [-0.39, 0.29) is 0 Å². The van der Waals surface area contributed by atoms with Crippen LogP contribution in [-0.2, 0) is 13.6 Å². The lowest BCUT2D eigenvalue weighted by atomic mass is 9.77. The van der Waals surface area contributed by atoms with Crippen molar-refractivity contribution in [3.05, 3.63) is 18.0 Å². The van der Waals surface area contributed by atoms with Crippen LogP contribution in [0.15, 0.2) is 12.4 Å². The van der Waals surface area contributed by atoms with Gasteiger partial charge in [-0.25, -0.2) is 0 Å². The third kappa shape index (κ3) is 3.16. The Morgan fingerprint density at radius 3 is 2.71 bits per heavy atom. The molecule has 1 aliphatic carbocycles. The standard InChI is InChI=1S/C17H30N4/c1-14(2)16-12-21(11-15-9-19-20(3)10-15)17(13-18-16)7-5-4-6-8-17/h9-10,14,16,18H,4-8,11-13H2,1-3H3. The zero-order valence-corrected chi connectivity index (χ0v) is 13.8. The predicted octanol–water partition coefficient (Wildman–Crippen LogP) is 2.55. The molecule has 1 spiro atoms. The number of rotatable bonds is 3. The van der Waals surface area contributed by atoms with Crippen LogP contribution in [0.5, 0.6) is 0 Å². The van der Waals surface area contributed by atoms with Crippen molar-refractivity contribution < 1.29 is 0 Å². The fraction of sp³-hybridized carbons (Fsp3) is 0.824. The molecule has 0 aromatic carbocycles. The predicted molar refractivity (Wildman–Crippen MR) is 86.1 cm³/mol. The second kappa shape index (κ2) is 6.09. The number of aryl methyl sites for hydroxylation is 1. The van der Waals surface area contributed by atoms with Gasteiger partial charge in [-0.1, -0.05) is 33.1 Å². The molecule has 1 saturated carbocycles. The summed E-state index contributed by atoms with van der Waals surface area (Å²) in [5, 5.41) is 8.18. The lowest BCUT2D eigenvalue weighted by molar-refractivity contribution is -0.00422. The molecular formula is C17H30N4. The van der Waals surface area contributed by atoms with E-state index >= 15 is 0 Å². The van der Waals surface area contributed by atoms with Crippen LogP contribution in [0.2, 0.25) is 0 Å². The number of piperazine rings is 1. The zero-order chi connectivity index (χ0) is 14.9. The largest absolute Gasteiger partial charge is 0.311 e. The Kier molecular flexibility index (Phi) is 4.36. The van der Waals surface area contributed by atoms with Gasteiger partial charge in [0.25, 0.3) is 0 Å². The monoisotopic (exact) mass is 290 g/mol. The maximum Gasteiger partial charge on any atom is 0.0534 e. The number of aromatic nitrogens is 2. The molecule has 1 unspecified atom stereocenters. The van der Waals surface area contributed by atoms with Gasteiger partial charge in [0.05, 0.1) is 6.20 Å². The van der Waals surface area contributed by atoms with Crippen LogP contribution in [-0.4, -0.2) is 39.4 Å². The molecule has 0 radical (unpaired) electrons. The van der Waals surface area contributed by atoms with Gasteiger partial charge in [0.2, 0.25) is 0 Å². The van der Waals surface area contributed by atoms with E-state index in [0.29, 0.717) is 17.5 Å². The van der Waals surface area contributed by atoms with Crippen molar-refractivity contribution in [3.63, 3.8) is 0 Å².